The van der Waals surface area contributed by atoms with Crippen LogP contribution in [0.2, 0.25) is 0 Å². The van der Waals surface area contributed by atoms with E-state index >= 15 is 0 Å². The lowest BCUT2D eigenvalue weighted by Crippen LogP contribution is -2.23. The molecule has 4 heteroatoms. The zero-order chi connectivity index (χ0) is 10.7. The minimum Gasteiger partial charge on any atom is -0.478 e. The van der Waals surface area contributed by atoms with E-state index in [0.29, 0.717) is 11.6 Å². The smallest absolute Gasteiger partial charge is 0.335 e. The van der Waals surface area contributed by atoms with Crippen LogP contribution in [0.1, 0.15) is 28.8 Å². The van der Waals surface area contributed by atoms with Gasteiger partial charge in [-0.2, -0.15) is 0 Å². The summed E-state index contributed by atoms with van der Waals surface area (Å²) in [6.45, 7) is 1.09. The van der Waals surface area contributed by atoms with Crippen LogP contribution < -0.4 is 5.32 Å². The molecule has 1 heterocycles. The second kappa shape index (κ2) is 5.87. The van der Waals surface area contributed by atoms with Crippen molar-refractivity contribution in [3.63, 3.8) is 0 Å². The molecule has 0 spiro atoms. The van der Waals surface area contributed by atoms with Crippen LogP contribution in [-0.4, -0.2) is 23.7 Å². The zero-order valence-corrected chi connectivity index (χ0v) is 9.80. The Kier molecular flexibility index (Phi) is 4.77. The molecule has 16 heavy (non-hydrogen) atoms. The maximum Gasteiger partial charge on any atom is 0.335 e. The number of rotatable bonds is 3. The summed E-state index contributed by atoms with van der Waals surface area (Å²) in [6, 6.07) is 7.73. The molecule has 2 rings (SSSR count). The fourth-order valence-corrected chi connectivity index (χ4v) is 2.05. The highest BCUT2D eigenvalue weighted by Crippen LogP contribution is 2.13. The van der Waals surface area contributed by atoms with Crippen LogP contribution in [-0.2, 0) is 6.42 Å². The second-order valence-electron chi connectivity index (χ2n) is 4.00. The first-order chi connectivity index (χ1) is 7.25. The summed E-state index contributed by atoms with van der Waals surface area (Å²) in [6.07, 6.45) is 3.35. The Morgan fingerprint density at radius 3 is 2.94 bits per heavy atom. The lowest BCUT2D eigenvalue weighted by molar-refractivity contribution is 0.0696. The minimum absolute atomic E-state index is 0. The van der Waals surface area contributed by atoms with Crippen molar-refractivity contribution in [3.05, 3.63) is 35.4 Å². The third kappa shape index (κ3) is 3.22. The van der Waals surface area contributed by atoms with Crippen LogP contribution in [0, 0.1) is 0 Å². The number of carboxylic acid groups (broad SMARTS) is 1. The monoisotopic (exact) mass is 241 g/mol. The Hall–Kier alpha value is -1.06. The number of carbonyl (C=O) groups is 1. The van der Waals surface area contributed by atoms with E-state index in [0.717, 1.165) is 18.5 Å². The molecule has 1 fully saturated rings. The van der Waals surface area contributed by atoms with Crippen molar-refractivity contribution in [2.24, 2.45) is 0 Å². The normalized spacial score (nSPS) is 19.1. The Balaban J connectivity index is 0.00000128. The summed E-state index contributed by atoms with van der Waals surface area (Å²) < 4.78 is 0. The zero-order valence-electron chi connectivity index (χ0n) is 8.98. The highest BCUT2D eigenvalue weighted by molar-refractivity contribution is 5.87. The van der Waals surface area contributed by atoms with E-state index in [1.54, 1.807) is 12.1 Å². The number of hydrogen-bond acceptors (Lipinski definition) is 2. The van der Waals surface area contributed by atoms with Crippen molar-refractivity contribution < 1.29 is 9.90 Å². The van der Waals surface area contributed by atoms with Crippen LogP contribution >= 0.6 is 12.4 Å². The Bertz CT molecular complexity index is 362. The molecule has 0 aliphatic carbocycles. The lowest BCUT2D eigenvalue weighted by Gasteiger charge is -2.10. The van der Waals surface area contributed by atoms with Crippen molar-refractivity contribution in [2.75, 3.05) is 6.54 Å². The van der Waals surface area contributed by atoms with Crippen molar-refractivity contribution in [2.45, 2.75) is 25.3 Å². The third-order valence-electron chi connectivity index (χ3n) is 2.82. The van der Waals surface area contributed by atoms with Crippen molar-refractivity contribution in [3.8, 4) is 0 Å². The molecule has 0 aromatic heterocycles. The maximum absolute atomic E-state index is 10.8. The molecule has 1 aliphatic rings. The van der Waals surface area contributed by atoms with Gasteiger partial charge >= 0.3 is 5.97 Å². The number of aromatic carboxylic acids is 1. The predicted molar refractivity (Wildman–Crippen MR) is 65.4 cm³/mol. The Labute approximate surface area is 101 Å². The molecule has 88 valence electrons. The molecule has 1 atom stereocenters. The van der Waals surface area contributed by atoms with Gasteiger partial charge in [-0.15, -0.1) is 12.4 Å². The summed E-state index contributed by atoms with van der Waals surface area (Å²) in [5, 5.41) is 12.3. The third-order valence-corrected chi connectivity index (χ3v) is 2.82. The highest BCUT2D eigenvalue weighted by Gasteiger charge is 2.14. The first kappa shape index (κ1) is 13.0. The molecule has 1 saturated heterocycles. The molecule has 3 nitrogen and oxygen atoms in total. The molecule has 0 radical (unpaired) electrons. The molecule has 0 saturated carbocycles. The predicted octanol–water partition coefficient (Wildman–Crippen LogP) is 2.10. The van der Waals surface area contributed by atoms with Crippen molar-refractivity contribution in [1.29, 1.82) is 0 Å². The van der Waals surface area contributed by atoms with E-state index in [1.165, 1.54) is 12.8 Å². The largest absolute Gasteiger partial charge is 0.478 e. The molecular weight excluding hydrogens is 226 g/mol. The van der Waals surface area contributed by atoms with Crippen LogP contribution in [0.3, 0.4) is 0 Å². The quantitative estimate of drug-likeness (QED) is 0.852. The standard InChI is InChI=1S/C12H15NO2.ClH/c14-12(15)10-4-1-3-9(7-10)8-11-5-2-6-13-11;/h1,3-4,7,11,13H,2,5-6,8H2,(H,14,15);1H. The fraction of sp³-hybridized carbons (Fsp3) is 0.417. The fourth-order valence-electron chi connectivity index (χ4n) is 2.05. The SMILES string of the molecule is Cl.O=C(O)c1cccc(CC2CCCN2)c1. The summed E-state index contributed by atoms with van der Waals surface area (Å²) in [4.78, 5) is 10.8. The van der Waals surface area contributed by atoms with Gasteiger partial charge in [0.15, 0.2) is 0 Å². The van der Waals surface area contributed by atoms with Gasteiger partial charge in [-0.05, 0) is 43.5 Å². The van der Waals surface area contributed by atoms with Gasteiger partial charge < -0.3 is 10.4 Å². The maximum atomic E-state index is 10.8. The summed E-state index contributed by atoms with van der Waals surface area (Å²) in [5.74, 6) is -0.851. The van der Waals surface area contributed by atoms with E-state index in [1.807, 2.05) is 12.1 Å². The molecule has 1 unspecified atom stereocenters. The van der Waals surface area contributed by atoms with Crippen LogP contribution in [0.4, 0.5) is 0 Å². The number of halogens is 1. The number of carboxylic acids is 1. The molecule has 1 aliphatic heterocycles. The van der Waals surface area contributed by atoms with E-state index in [-0.39, 0.29) is 12.4 Å². The van der Waals surface area contributed by atoms with E-state index < -0.39 is 5.97 Å². The van der Waals surface area contributed by atoms with E-state index in [4.69, 9.17) is 5.11 Å². The van der Waals surface area contributed by atoms with Crippen molar-refractivity contribution >= 4 is 18.4 Å². The lowest BCUT2D eigenvalue weighted by atomic mass is 10.0. The Morgan fingerprint density at radius 1 is 1.50 bits per heavy atom. The first-order valence-corrected chi connectivity index (χ1v) is 5.31. The molecule has 1 aromatic rings. The van der Waals surface area contributed by atoms with Crippen LogP contribution in [0.25, 0.3) is 0 Å². The van der Waals surface area contributed by atoms with Gasteiger partial charge in [0.25, 0.3) is 0 Å². The van der Waals surface area contributed by atoms with E-state index in [9.17, 15) is 4.79 Å². The first-order valence-electron chi connectivity index (χ1n) is 5.31. The molecule has 0 bridgehead atoms. The average molecular weight is 242 g/mol. The highest BCUT2D eigenvalue weighted by atomic mass is 35.5. The Morgan fingerprint density at radius 2 is 2.31 bits per heavy atom. The van der Waals surface area contributed by atoms with Gasteiger partial charge in [0.1, 0.15) is 0 Å². The van der Waals surface area contributed by atoms with E-state index in [2.05, 4.69) is 5.32 Å². The van der Waals surface area contributed by atoms with Gasteiger partial charge in [0.05, 0.1) is 5.56 Å². The van der Waals surface area contributed by atoms with Crippen LogP contribution in [0.5, 0.6) is 0 Å². The van der Waals surface area contributed by atoms with Gasteiger partial charge in [0.2, 0.25) is 0 Å². The number of hydrogen-bond donors (Lipinski definition) is 2. The van der Waals surface area contributed by atoms with Gasteiger partial charge in [-0.1, -0.05) is 12.1 Å². The molecular formula is C12H16ClNO2. The minimum atomic E-state index is -0.851. The molecule has 1 aromatic carbocycles. The molecule has 0 amide bonds. The van der Waals surface area contributed by atoms with Gasteiger partial charge in [0, 0.05) is 6.04 Å². The van der Waals surface area contributed by atoms with Gasteiger partial charge in [-0.3, -0.25) is 0 Å². The summed E-state index contributed by atoms with van der Waals surface area (Å²) >= 11 is 0. The summed E-state index contributed by atoms with van der Waals surface area (Å²) in [7, 11) is 0. The van der Waals surface area contributed by atoms with Crippen LogP contribution in [0.15, 0.2) is 24.3 Å². The second-order valence-corrected chi connectivity index (χ2v) is 4.00. The topological polar surface area (TPSA) is 49.3 Å². The van der Waals surface area contributed by atoms with Gasteiger partial charge in [-0.25, -0.2) is 4.79 Å². The summed E-state index contributed by atoms with van der Waals surface area (Å²) in [5.41, 5.74) is 1.49. The number of nitrogens with one attached hydrogen (secondary N) is 1. The molecule has 2 N–H and O–H groups in total. The number of benzene rings is 1. The van der Waals surface area contributed by atoms with Crippen molar-refractivity contribution in [1.82, 2.24) is 5.32 Å². The average Bonchev–Trinajstić information content (AvgIpc) is 2.71.